The minimum absolute atomic E-state index is 0.107. The molecule has 0 aliphatic rings. The number of hydrogen-bond donors (Lipinski definition) is 2. The van der Waals surface area contributed by atoms with Crippen molar-refractivity contribution in [3.8, 4) is 0 Å². The van der Waals surface area contributed by atoms with E-state index in [1.807, 2.05) is 0 Å². The highest BCUT2D eigenvalue weighted by Gasteiger charge is 2.15. The Morgan fingerprint density at radius 2 is 2.05 bits per heavy atom. The van der Waals surface area contributed by atoms with E-state index in [9.17, 15) is 8.42 Å². The van der Waals surface area contributed by atoms with Crippen molar-refractivity contribution in [2.75, 3.05) is 32.7 Å². The second kappa shape index (κ2) is 7.22. The molecule has 3 N–H and O–H groups in total. The maximum Gasteiger partial charge on any atom is 0.180 e. The summed E-state index contributed by atoms with van der Waals surface area (Å²) in [5, 5.41) is 7.30. The van der Waals surface area contributed by atoms with Crippen molar-refractivity contribution in [2.45, 2.75) is 4.90 Å². The predicted octanol–water partition coefficient (Wildman–Crippen LogP) is 0.407. The summed E-state index contributed by atoms with van der Waals surface area (Å²) in [6.07, 6.45) is 0. The van der Waals surface area contributed by atoms with E-state index in [-0.39, 0.29) is 23.1 Å². The minimum atomic E-state index is -3.42. The van der Waals surface area contributed by atoms with E-state index in [1.54, 1.807) is 19.2 Å². The van der Waals surface area contributed by atoms with Gasteiger partial charge in [0.25, 0.3) is 0 Å². The Kier molecular flexibility index (Phi) is 5.94. The lowest BCUT2D eigenvalue weighted by atomic mass is 10.2. The van der Waals surface area contributed by atoms with Gasteiger partial charge in [0.15, 0.2) is 9.84 Å². The summed E-state index contributed by atoms with van der Waals surface area (Å²) in [5.41, 5.74) is 5.72. The fraction of sp³-hybridized carbons (Fsp3) is 0.417. The molecule has 0 aliphatic heterocycles. The minimum Gasteiger partial charge on any atom is -0.384 e. The summed E-state index contributed by atoms with van der Waals surface area (Å²) in [7, 11) is -1.87. The number of ether oxygens (including phenoxy) is 2. The molecular weight excluding hydrogens is 268 g/mol. The van der Waals surface area contributed by atoms with Crippen LogP contribution in [0.15, 0.2) is 29.2 Å². The molecule has 0 heterocycles. The second-order valence-electron chi connectivity index (χ2n) is 3.87. The first-order valence-electron chi connectivity index (χ1n) is 5.71. The number of sulfone groups is 1. The first-order chi connectivity index (χ1) is 8.97. The van der Waals surface area contributed by atoms with Crippen LogP contribution < -0.4 is 5.73 Å². The third kappa shape index (κ3) is 4.98. The quantitative estimate of drug-likeness (QED) is 0.409. The van der Waals surface area contributed by atoms with Crippen molar-refractivity contribution < 1.29 is 17.9 Å². The van der Waals surface area contributed by atoms with Crippen LogP contribution in [-0.4, -0.2) is 46.9 Å². The van der Waals surface area contributed by atoms with Gasteiger partial charge in [0.05, 0.1) is 30.5 Å². The van der Waals surface area contributed by atoms with Gasteiger partial charge in [-0.2, -0.15) is 0 Å². The van der Waals surface area contributed by atoms with Crippen LogP contribution in [0.3, 0.4) is 0 Å². The molecule has 0 spiro atoms. The SMILES string of the molecule is COCCOCCS(=O)(=O)c1cccc(C(=N)N)c1. The molecule has 0 aliphatic carbocycles. The summed E-state index contributed by atoms with van der Waals surface area (Å²) in [6.45, 7) is 0.898. The van der Waals surface area contributed by atoms with Gasteiger partial charge in [0, 0.05) is 12.7 Å². The second-order valence-corrected chi connectivity index (χ2v) is 5.97. The van der Waals surface area contributed by atoms with E-state index < -0.39 is 9.84 Å². The highest BCUT2D eigenvalue weighted by Crippen LogP contribution is 2.13. The highest BCUT2D eigenvalue weighted by atomic mass is 32.2. The van der Waals surface area contributed by atoms with E-state index in [4.69, 9.17) is 20.6 Å². The molecule has 6 nitrogen and oxygen atoms in total. The Balaban J connectivity index is 2.66. The summed E-state index contributed by atoms with van der Waals surface area (Å²) in [6, 6.07) is 6.04. The maximum absolute atomic E-state index is 12.0. The molecule has 0 amide bonds. The zero-order valence-electron chi connectivity index (χ0n) is 10.8. The fourth-order valence-corrected chi connectivity index (χ4v) is 2.55. The smallest absolute Gasteiger partial charge is 0.180 e. The molecule has 0 bridgehead atoms. The van der Waals surface area contributed by atoms with Crippen molar-refractivity contribution in [2.24, 2.45) is 5.73 Å². The predicted molar refractivity (Wildman–Crippen MR) is 72.2 cm³/mol. The average molecular weight is 286 g/mol. The number of hydrogen-bond acceptors (Lipinski definition) is 5. The van der Waals surface area contributed by atoms with E-state index >= 15 is 0 Å². The highest BCUT2D eigenvalue weighted by molar-refractivity contribution is 7.91. The van der Waals surface area contributed by atoms with Crippen molar-refractivity contribution >= 4 is 15.7 Å². The van der Waals surface area contributed by atoms with Crippen molar-refractivity contribution in [3.05, 3.63) is 29.8 Å². The van der Waals surface area contributed by atoms with Gasteiger partial charge in [-0.25, -0.2) is 8.42 Å². The van der Waals surface area contributed by atoms with Crippen LogP contribution >= 0.6 is 0 Å². The van der Waals surface area contributed by atoms with Crippen LogP contribution in [0.2, 0.25) is 0 Å². The summed E-state index contributed by atoms with van der Waals surface area (Å²) >= 11 is 0. The number of amidine groups is 1. The summed E-state index contributed by atoms with van der Waals surface area (Å²) < 4.78 is 34.0. The van der Waals surface area contributed by atoms with Gasteiger partial charge in [-0.05, 0) is 12.1 Å². The molecule has 0 fully saturated rings. The zero-order valence-corrected chi connectivity index (χ0v) is 11.6. The molecule has 0 saturated heterocycles. The van der Waals surface area contributed by atoms with Crippen molar-refractivity contribution in [1.82, 2.24) is 0 Å². The topological polar surface area (TPSA) is 102 Å². The largest absolute Gasteiger partial charge is 0.384 e. The number of rotatable bonds is 8. The number of nitrogens with two attached hydrogens (primary N) is 1. The first-order valence-corrected chi connectivity index (χ1v) is 7.36. The Morgan fingerprint density at radius 1 is 1.32 bits per heavy atom. The standard InChI is InChI=1S/C12H18N2O4S/c1-17-5-6-18-7-8-19(15,16)11-4-2-3-10(9-11)12(13)14/h2-4,9H,5-8H2,1H3,(H3,13,14). The third-order valence-corrected chi connectivity index (χ3v) is 4.11. The molecule has 0 saturated carbocycles. The van der Waals surface area contributed by atoms with Crippen LogP contribution in [0.5, 0.6) is 0 Å². The average Bonchev–Trinajstić information content (AvgIpc) is 2.38. The van der Waals surface area contributed by atoms with Gasteiger partial charge in [0.2, 0.25) is 0 Å². The van der Waals surface area contributed by atoms with Crippen molar-refractivity contribution in [3.63, 3.8) is 0 Å². The molecule has 0 radical (unpaired) electrons. The molecule has 19 heavy (non-hydrogen) atoms. The summed E-state index contributed by atoms with van der Waals surface area (Å²) in [5.74, 6) is -0.272. The first kappa shape index (κ1) is 15.6. The fourth-order valence-electron chi connectivity index (χ4n) is 1.39. The van der Waals surface area contributed by atoms with E-state index in [2.05, 4.69) is 0 Å². The Labute approximate surface area is 112 Å². The van der Waals surface area contributed by atoms with E-state index in [0.29, 0.717) is 18.8 Å². The van der Waals surface area contributed by atoms with Crippen LogP contribution in [-0.2, 0) is 19.3 Å². The third-order valence-electron chi connectivity index (χ3n) is 2.43. The Morgan fingerprint density at radius 3 is 2.68 bits per heavy atom. The molecule has 106 valence electrons. The molecule has 1 aromatic rings. The van der Waals surface area contributed by atoms with Crippen LogP contribution in [0, 0.1) is 5.41 Å². The lowest BCUT2D eigenvalue weighted by Crippen LogP contribution is -2.16. The lowest BCUT2D eigenvalue weighted by molar-refractivity contribution is 0.0785. The molecule has 0 unspecified atom stereocenters. The van der Waals surface area contributed by atoms with Gasteiger partial charge in [-0.3, -0.25) is 5.41 Å². The van der Waals surface area contributed by atoms with Crippen LogP contribution in [0.25, 0.3) is 0 Å². The molecule has 1 aromatic carbocycles. The van der Waals surface area contributed by atoms with Gasteiger partial charge in [-0.15, -0.1) is 0 Å². The normalized spacial score (nSPS) is 11.4. The maximum atomic E-state index is 12.0. The Bertz CT molecular complexity index is 528. The number of nitrogen functional groups attached to an aromatic ring is 1. The zero-order chi connectivity index (χ0) is 14.3. The number of benzene rings is 1. The number of methoxy groups -OCH3 is 1. The molecule has 0 aromatic heterocycles. The van der Waals surface area contributed by atoms with Gasteiger partial charge in [0.1, 0.15) is 5.84 Å². The Hall–Kier alpha value is -1.44. The van der Waals surface area contributed by atoms with E-state index in [0.717, 1.165) is 0 Å². The van der Waals surface area contributed by atoms with Crippen LogP contribution in [0.1, 0.15) is 5.56 Å². The monoisotopic (exact) mass is 286 g/mol. The number of nitrogens with one attached hydrogen (secondary N) is 1. The van der Waals surface area contributed by atoms with Gasteiger partial charge < -0.3 is 15.2 Å². The van der Waals surface area contributed by atoms with Crippen molar-refractivity contribution in [1.29, 1.82) is 5.41 Å². The van der Waals surface area contributed by atoms with Gasteiger partial charge in [-0.1, -0.05) is 12.1 Å². The van der Waals surface area contributed by atoms with E-state index in [1.165, 1.54) is 12.1 Å². The molecular formula is C12H18N2O4S. The molecule has 1 rings (SSSR count). The molecule has 0 atom stereocenters. The lowest BCUT2D eigenvalue weighted by Gasteiger charge is -2.07. The van der Waals surface area contributed by atoms with Crippen LogP contribution in [0.4, 0.5) is 0 Å². The summed E-state index contributed by atoms with van der Waals surface area (Å²) in [4.78, 5) is 0.149. The van der Waals surface area contributed by atoms with Gasteiger partial charge >= 0.3 is 0 Å². The molecule has 7 heteroatoms.